The standard InChI is InChI=1S/C19H26N2O5/c1-12-9-20(10-13(2)26-12)19(23)14-7-18(22)21(11-14)15-5-6-16(24-3)17(8-15)25-4/h5-6,8,12-14H,7,9-11H2,1-4H3/t12-,13+,14-/m0/s1. The monoisotopic (exact) mass is 362 g/mol. The summed E-state index contributed by atoms with van der Waals surface area (Å²) in [7, 11) is 3.12. The summed E-state index contributed by atoms with van der Waals surface area (Å²) in [6, 6.07) is 5.34. The van der Waals surface area contributed by atoms with Gasteiger partial charge >= 0.3 is 0 Å². The van der Waals surface area contributed by atoms with Crippen molar-refractivity contribution in [3.63, 3.8) is 0 Å². The molecule has 2 heterocycles. The number of hydrogen-bond donors (Lipinski definition) is 0. The molecule has 1 aromatic carbocycles. The van der Waals surface area contributed by atoms with Gasteiger partial charge < -0.3 is 24.0 Å². The Kier molecular flexibility index (Phi) is 5.36. The van der Waals surface area contributed by atoms with Gasteiger partial charge in [0.1, 0.15) is 0 Å². The van der Waals surface area contributed by atoms with Crippen LogP contribution in [0.15, 0.2) is 18.2 Å². The van der Waals surface area contributed by atoms with Crippen LogP contribution >= 0.6 is 0 Å². The number of morpholine rings is 1. The van der Waals surface area contributed by atoms with Gasteiger partial charge in [0.05, 0.1) is 32.3 Å². The van der Waals surface area contributed by atoms with Crippen molar-refractivity contribution >= 4 is 17.5 Å². The largest absolute Gasteiger partial charge is 0.493 e. The summed E-state index contributed by atoms with van der Waals surface area (Å²) in [6.45, 7) is 5.46. The number of ether oxygens (including phenoxy) is 3. The Hall–Kier alpha value is -2.28. The Bertz CT molecular complexity index is 683. The van der Waals surface area contributed by atoms with Crippen LogP contribution in [0.1, 0.15) is 20.3 Å². The number of amides is 2. The van der Waals surface area contributed by atoms with E-state index in [1.807, 2.05) is 24.8 Å². The molecule has 0 bridgehead atoms. The molecule has 2 amide bonds. The van der Waals surface area contributed by atoms with Gasteiger partial charge in [-0.05, 0) is 26.0 Å². The predicted molar refractivity (Wildman–Crippen MR) is 96.6 cm³/mol. The SMILES string of the molecule is COc1ccc(N2C[C@@H](C(=O)N3C[C@@H](C)O[C@@H](C)C3)CC2=O)cc1OC. The topological polar surface area (TPSA) is 68.3 Å². The summed E-state index contributed by atoms with van der Waals surface area (Å²) in [4.78, 5) is 28.9. The molecule has 0 radical (unpaired) electrons. The fourth-order valence-corrected chi connectivity index (χ4v) is 3.73. The fourth-order valence-electron chi connectivity index (χ4n) is 3.73. The third kappa shape index (κ3) is 3.62. The first-order valence-corrected chi connectivity index (χ1v) is 8.89. The number of benzene rings is 1. The van der Waals surface area contributed by atoms with E-state index in [-0.39, 0.29) is 36.4 Å². The van der Waals surface area contributed by atoms with E-state index in [1.54, 1.807) is 31.3 Å². The summed E-state index contributed by atoms with van der Waals surface area (Å²) < 4.78 is 16.2. The highest BCUT2D eigenvalue weighted by Crippen LogP contribution is 2.34. The molecular weight excluding hydrogens is 336 g/mol. The van der Waals surface area contributed by atoms with Crippen LogP contribution in [0.2, 0.25) is 0 Å². The minimum atomic E-state index is -0.326. The number of carbonyl (C=O) groups excluding carboxylic acids is 2. The Morgan fingerprint density at radius 1 is 1.08 bits per heavy atom. The lowest BCUT2D eigenvalue weighted by Gasteiger charge is -2.36. The summed E-state index contributed by atoms with van der Waals surface area (Å²) in [5.74, 6) is 0.816. The first-order valence-electron chi connectivity index (χ1n) is 8.89. The first kappa shape index (κ1) is 18.5. The minimum Gasteiger partial charge on any atom is -0.493 e. The van der Waals surface area contributed by atoms with Gasteiger partial charge in [0, 0.05) is 37.8 Å². The molecule has 142 valence electrons. The molecular formula is C19H26N2O5. The van der Waals surface area contributed by atoms with Crippen LogP contribution in [-0.2, 0) is 14.3 Å². The highest BCUT2D eigenvalue weighted by Gasteiger charge is 2.39. The zero-order valence-corrected chi connectivity index (χ0v) is 15.7. The van der Waals surface area contributed by atoms with Crippen LogP contribution in [-0.4, -0.2) is 62.8 Å². The van der Waals surface area contributed by atoms with Gasteiger partial charge in [0.2, 0.25) is 11.8 Å². The summed E-state index contributed by atoms with van der Waals surface area (Å²) >= 11 is 0. The molecule has 0 aromatic heterocycles. The van der Waals surface area contributed by atoms with Crippen LogP contribution in [0.5, 0.6) is 11.5 Å². The lowest BCUT2D eigenvalue weighted by molar-refractivity contribution is -0.147. The summed E-state index contributed by atoms with van der Waals surface area (Å²) in [5, 5.41) is 0. The van der Waals surface area contributed by atoms with Gasteiger partial charge in [-0.1, -0.05) is 0 Å². The zero-order valence-electron chi connectivity index (χ0n) is 15.7. The normalized spacial score (nSPS) is 26.2. The van der Waals surface area contributed by atoms with Crippen molar-refractivity contribution in [2.75, 3.05) is 38.8 Å². The Morgan fingerprint density at radius 2 is 1.73 bits per heavy atom. The second-order valence-corrected chi connectivity index (χ2v) is 6.95. The van der Waals surface area contributed by atoms with E-state index >= 15 is 0 Å². The molecule has 2 saturated heterocycles. The van der Waals surface area contributed by atoms with Crippen molar-refractivity contribution in [2.24, 2.45) is 5.92 Å². The van der Waals surface area contributed by atoms with Gasteiger partial charge in [0.25, 0.3) is 0 Å². The van der Waals surface area contributed by atoms with Crippen molar-refractivity contribution in [1.29, 1.82) is 0 Å². The van der Waals surface area contributed by atoms with Crippen LogP contribution in [0.4, 0.5) is 5.69 Å². The molecule has 2 fully saturated rings. The zero-order chi connectivity index (χ0) is 18.8. The van der Waals surface area contributed by atoms with E-state index in [4.69, 9.17) is 14.2 Å². The number of hydrogen-bond acceptors (Lipinski definition) is 5. The average molecular weight is 362 g/mol. The summed E-state index contributed by atoms with van der Waals surface area (Å²) in [6.07, 6.45) is 0.260. The molecule has 0 N–H and O–H groups in total. The number of carbonyl (C=O) groups is 2. The average Bonchev–Trinajstić information content (AvgIpc) is 3.01. The van der Waals surface area contributed by atoms with E-state index in [9.17, 15) is 9.59 Å². The molecule has 7 heteroatoms. The number of methoxy groups -OCH3 is 2. The Labute approximate surface area is 153 Å². The van der Waals surface area contributed by atoms with Crippen molar-refractivity contribution in [3.8, 4) is 11.5 Å². The molecule has 26 heavy (non-hydrogen) atoms. The van der Waals surface area contributed by atoms with Crippen molar-refractivity contribution in [2.45, 2.75) is 32.5 Å². The van der Waals surface area contributed by atoms with E-state index < -0.39 is 0 Å². The van der Waals surface area contributed by atoms with Gasteiger partial charge in [0.15, 0.2) is 11.5 Å². The predicted octanol–water partition coefficient (Wildman–Crippen LogP) is 1.69. The van der Waals surface area contributed by atoms with Gasteiger partial charge in [-0.25, -0.2) is 0 Å². The fraction of sp³-hybridized carbons (Fsp3) is 0.579. The maximum absolute atomic E-state index is 12.9. The van der Waals surface area contributed by atoms with Gasteiger partial charge in [-0.15, -0.1) is 0 Å². The van der Waals surface area contributed by atoms with E-state index in [2.05, 4.69) is 0 Å². The third-order valence-corrected chi connectivity index (χ3v) is 4.88. The number of rotatable bonds is 4. The van der Waals surface area contributed by atoms with Crippen LogP contribution < -0.4 is 14.4 Å². The molecule has 0 aliphatic carbocycles. The van der Waals surface area contributed by atoms with Crippen LogP contribution in [0, 0.1) is 5.92 Å². The molecule has 1 aromatic rings. The van der Waals surface area contributed by atoms with Crippen LogP contribution in [0.3, 0.4) is 0 Å². The van der Waals surface area contributed by atoms with Crippen molar-refractivity contribution in [1.82, 2.24) is 4.90 Å². The quantitative estimate of drug-likeness (QED) is 0.815. The molecule has 7 nitrogen and oxygen atoms in total. The molecule has 3 atom stereocenters. The second kappa shape index (κ2) is 7.53. The Morgan fingerprint density at radius 3 is 2.35 bits per heavy atom. The maximum Gasteiger partial charge on any atom is 0.228 e. The molecule has 0 spiro atoms. The third-order valence-electron chi connectivity index (χ3n) is 4.88. The molecule has 2 aliphatic rings. The van der Waals surface area contributed by atoms with E-state index in [0.29, 0.717) is 36.8 Å². The maximum atomic E-state index is 12.9. The smallest absolute Gasteiger partial charge is 0.228 e. The van der Waals surface area contributed by atoms with Gasteiger partial charge in [-0.2, -0.15) is 0 Å². The molecule has 0 unspecified atom stereocenters. The van der Waals surface area contributed by atoms with Crippen LogP contribution in [0.25, 0.3) is 0 Å². The highest BCUT2D eigenvalue weighted by molar-refractivity contribution is 6.00. The lowest BCUT2D eigenvalue weighted by atomic mass is 10.1. The van der Waals surface area contributed by atoms with E-state index in [0.717, 1.165) is 0 Å². The molecule has 3 rings (SSSR count). The second-order valence-electron chi connectivity index (χ2n) is 6.95. The number of nitrogens with zero attached hydrogens (tertiary/aromatic N) is 2. The van der Waals surface area contributed by atoms with Crippen molar-refractivity contribution < 1.29 is 23.8 Å². The Balaban J connectivity index is 1.73. The first-order chi connectivity index (χ1) is 12.4. The highest BCUT2D eigenvalue weighted by atomic mass is 16.5. The lowest BCUT2D eigenvalue weighted by Crippen LogP contribution is -2.50. The molecule has 2 aliphatic heterocycles. The minimum absolute atomic E-state index is 0.0155. The molecule has 0 saturated carbocycles. The van der Waals surface area contributed by atoms with Gasteiger partial charge in [-0.3, -0.25) is 9.59 Å². The van der Waals surface area contributed by atoms with Crippen molar-refractivity contribution in [3.05, 3.63) is 18.2 Å². The summed E-state index contributed by atoms with van der Waals surface area (Å²) in [5.41, 5.74) is 0.715. The van der Waals surface area contributed by atoms with E-state index in [1.165, 1.54) is 0 Å². The number of anilines is 1.